The van der Waals surface area contributed by atoms with Crippen molar-refractivity contribution in [2.75, 3.05) is 43.1 Å². The summed E-state index contributed by atoms with van der Waals surface area (Å²) in [6.45, 7) is 5.42. The van der Waals surface area contributed by atoms with Gasteiger partial charge in [-0.15, -0.1) is 0 Å². The van der Waals surface area contributed by atoms with Crippen LogP contribution in [0.25, 0.3) is 0 Å². The summed E-state index contributed by atoms with van der Waals surface area (Å²) in [6, 6.07) is 19.9. The van der Waals surface area contributed by atoms with E-state index in [1.165, 1.54) is 6.42 Å². The molecule has 1 fully saturated rings. The number of likely N-dealkylation sites (N-methyl/N-ethyl adjacent to an activating group) is 1. The summed E-state index contributed by atoms with van der Waals surface area (Å²) in [5.74, 6) is 0.314. The number of amides is 3. The molecule has 1 aliphatic heterocycles. The molecule has 256 valence electrons. The largest absolute Gasteiger partial charge is 0.488 e. The molecule has 3 aromatic rings. The van der Waals surface area contributed by atoms with Crippen LogP contribution in [-0.2, 0) is 22.6 Å². The Bertz CT molecular complexity index is 1570. The summed E-state index contributed by atoms with van der Waals surface area (Å²) in [5.41, 5.74) is 10.0. The van der Waals surface area contributed by atoms with Crippen LogP contribution in [0.4, 0.5) is 17.1 Å². The number of hydrogen-bond acceptors (Lipinski definition) is 7. The number of nitrogens with zero attached hydrogens (tertiary/aromatic N) is 2. The Morgan fingerprint density at radius 3 is 2.48 bits per heavy atom. The zero-order chi connectivity index (χ0) is 34.2. The Kier molecular flexibility index (Phi) is 11.7. The number of hydrogen-bond donors (Lipinski definition) is 4. The van der Waals surface area contributed by atoms with Crippen molar-refractivity contribution >= 4 is 34.8 Å². The van der Waals surface area contributed by atoms with Crippen LogP contribution in [0, 0.1) is 11.8 Å². The van der Waals surface area contributed by atoms with Gasteiger partial charge in [0.25, 0.3) is 5.91 Å². The third-order valence-electron chi connectivity index (χ3n) is 9.53. The van der Waals surface area contributed by atoms with Crippen molar-refractivity contribution in [2.45, 2.75) is 71.1 Å². The predicted molar refractivity (Wildman–Crippen MR) is 189 cm³/mol. The second-order valence-corrected chi connectivity index (χ2v) is 13.5. The number of nitrogens with two attached hydrogens (primary N) is 1. The van der Waals surface area contributed by atoms with Gasteiger partial charge in [-0.05, 0) is 74.8 Å². The van der Waals surface area contributed by atoms with Gasteiger partial charge in [-0.2, -0.15) is 0 Å². The van der Waals surface area contributed by atoms with E-state index in [0.29, 0.717) is 53.6 Å². The monoisotopic (exact) mass is 655 g/mol. The fourth-order valence-corrected chi connectivity index (χ4v) is 6.58. The standard InChI is InChI=1S/C38H49N5O5/c1-25-21-43(26(2)24-44)36(45)20-30-19-31(40-37(46)28-9-5-4-6-10-28)17-18-34(30)48-35(25)23-42(3)22-27-13-15-29(16-14-27)38(47)41-33-12-8-7-11-32(33)39/h7-8,11-19,25-26,28,35,44H,4-6,9-10,20-24,39H2,1-3H3,(H,40,46)(H,41,47)/t25-,26-,35-/m0/s1. The van der Waals surface area contributed by atoms with Crippen LogP contribution in [0.3, 0.4) is 0 Å². The average molecular weight is 656 g/mol. The lowest BCUT2D eigenvalue weighted by molar-refractivity contribution is -0.134. The summed E-state index contributed by atoms with van der Waals surface area (Å²) in [6.07, 6.45) is 4.98. The average Bonchev–Trinajstić information content (AvgIpc) is 3.13. The van der Waals surface area contributed by atoms with Crippen LogP contribution in [-0.4, -0.2) is 71.5 Å². The lowest BCUT2D eigenvalue weighted by Crippen LogP contribution is -2.47. The van der Waals surface area contributed by atoms with Crippen molar-refractivity contribution in [1.29, 1.82) is 0 Å². The fraction of sp³-hybridized carbons (Fsp3) is 0.447. The summed E-state index contributed by atoms with van der Waals surface area (Å²) in [7, 11) is 2.02. The number of aliphatic hydroxyl groups excluding tert-OH is 1. The van der Waals surface area contributed by atoms with E-state index in [1.807, 2.05) is 56.4 Å². The Balaban J connectivity index is 1.29. The summed E-state index contributed by atoms with van der Waals surface area (Å²) in [5, 5.41) is 15.9. The number of anilines is 3. The lowest BCUT2D eigenvalue weighted by atomic mass is 9.88. The van der Waals surface area contributed by atoms with E-state index < -0.39 is 0 Å². The molecule has 1 aliphatic carbocycles. The first kappa shape index (κ1) is 34.9. The SMILES string of the molecule is C[C@H]1CN([C@@H](C)CO)C(=O)Cc2cc(NC(=O)C3CCCCC3)ccc2O[C@H]1CN(C)Cc1ccc(C(=O)Nc2ccccc2N)cc1. The molecule has 10 heteroatoms. The Morgan fingerprint density at radius 2 is 1.77 bits per heavy atom. The molecule has 5 rings (SSSR count). The quantitative estimate of drug-likeness (QED) is 0.217. The molecule has 10 nitrogen and oxygen atoms in total. The highest BCUT2D eigenvalue weighted by molar-refractivity contribution is 6.05. The molecule has 3 amide bonds. The highest BCUT2D eigenvalue weighted by atomic mass is 16.5. The molecule has 0 saturated heterocycles. The van der Waals surface area contributed by atoms with E-state index in [0.717, 1.165) is 31.2 Å². The number of fused-ring (bicyclic) bond motifs is 1. The van der Waals surface area contributed by atoms with Crippen LogP contribution in [0.5, 0.6) is 5.75 Å². The molecular weight excluding hydrogens is 606 g/mol. The van der Waals surface area contributed by atoms with Gasteiger partial charge in [-0.3, -0.25) is 19.3 Å². The molecule has 1 heterocycles. The maximum Gasteiger partial charge on any atom is 0.255 e. The van der Waals surface area contributed by atoms with E-state index in [2.05, 4.69) is 22.5 Å². The Labute approximate surface area is 283 Å². The van der Waals surface area contributed by atoms with Gasteiger partial charge in [0.15, 0.2) is 0 Å². The third-order valence-corrected chi connectivity index (χ3v) is 9.53. The number of nitrogens with one attached hydrogen (secondary N) is 2. The summed E-state index contributed by atoms with van der Waals surface area (Å²) >= 11 is 0. The van der Waals surface area contributed by atoms with Gasteiger partial charge >= 0.3 is 0 Å². The van der Waals surface area contributed by atoms with Crippen molar-refractivity contribution in [3.05, 3.63) is 83.4 Å². The Hall–Kier alpha value is -4.41. The molecule has 0 spiro atoms. The van der Waals surface area contributed by atoms with Crippen molar-refractivity contribution in [3.8, 4) is 5.75 Å². The van der Waals surface area contributed by atoms with E-state index in [-0.39, 0.29) is 54.7 Å². The number of carbonyl (C=O) groups excluding carboxylic acids is 3. The first-order chi connectivity index (χ1) is 23.1. The highest BCUT2D eigenvalue weighted by Gasteiger charge is 2.31. The molecule has 1 saturated carbocycles. The minimum atomic E-state index is -0.344. The van der Waals surface area contributed by atoms with Crippen molar-refractivity contribution in [3.63, 3.8) is 0 Å². The second-order valence-electron chi connectivity index (χ2n) is 13.5. The van der Waals surface area contributed by atoms with Gasteiger partial charge < -0.3 is 31.1 Å². The van der Waals surface area contributed by atoms with Crippen LogP contribution >= 0.6 is 0 Å². The number of ether oxygens (including phenoxy) is 1. The zero-order valence-corrected chi connectivity index (χ0v) is 28.3. The van der Waals surface area contributed by atoms with Crippen LogP contribution in [0.2, 0.25) is 0 Å². The number of carbonyl (C=O) groups is 3. The van der Waals surface area contributed by atoms with Gasteiger partial charge in [-0.25, -0.2) is 0 Å². The van der Waals surface area contributed by atoms with Crippen LogP contribution in [0.1, 0.15) is 67.4 Å². The Morgan fingerprint density at radius 1 is 1.04 bits per heavy atom. The van der Waals surface area contributed by atoms with E-state index in [4.69, 9.17) is 10.5 Å². The molecular formula is C38H49N5O5. The zero-order valence-electron chi connectivity index (χ0n) is 28.3. The van der Waals surface area contributed by atoms with E-state index >= 15 is 0 Å². The first-order valence-electron chi connectivity index (χ1n) is 17.1. The molecule has 0 radical (unpaired) electrons. The third kappa shape index (κ3) is 8.93. The van der Waals surface area contributed by atoms with Gasteiger partial charge in [0.1, 0.15) is 11.9 Å². The van der Waals surface area contributed by atoms with Gasteiger partial charge in [0.2, 0.25) is 11.8 Å². The minimum Gasteiger partial charge on any atom is -0.488 e. The maximum atomic E-state index is 13.6. The molecule has 3 aromatic carbocycles. The number of rotatable bonds is 10. The topological polar surface area (TPSA) is 137 Å². The predicted octanol–water partition coefficient (Wildman–Crippen LogP) is 5.32. The number of nitrogen functional groups attached to an aromatic ring is 1. The second kappa shape index (κ2) is 16.1. The van der Waals surface area contributed by atoms with Gasteiger partial charge in [-0.1, -0.05) is 50.5 Å². The number of para-hydroxylation sites is 2. The molecule has 0 aromatic heterocycles. The molecule has 0 bridgehead atoms. The lowest BCUT2D eigenvalue weighted by Gasteiger charge is -2.34. The smallest absolute Gasteiger partial charge is 0.255 e. The fourth-order valence-electron chi connectivity index (χ4n) is 6.58. The maximum absolute atomic E-state index is 13.6. The molecule has 2 aliphatic rings. The number of benzene rings is 3. The van der Waals surface area contributed by atoms with Gasteiger partial charge in [0, 0.05) is 48.3 Å². The van der Waals surface area contributed by atoms with Crippen molar-refractivity contribution < 1.29 is 24.2 Å². The van der Waals surface area contributed by atoms with Crippen molar-refractivity contribution in [2.24, 2.45) is 11.8 Å². The molecule has 3 atom stereocenters. The van der Waals surface area contributed by atoms with E-state index in [9.17, 15) is 19.5 Å². The number of aliphatic hydroxyl groups is 1. The molecule has 48 heavy (non-hydrogen) atoms. The van der Waals surface area contributed by atoms with Crippen LogP contribution in [0.15, 0.2) is 66.7 Å². The first-order valence-corrected chi connectivity index (χ1v) is 17.1. The van der Waals surface area contributed by atoms with Crippen molar-refractivity contribution in [1.82, 2.24) is 9.80 Å². The van der Waals surface area contributed by atoms with Crippen LogP contribution < -0.4 is 21.1 Å². The van der Waals surface area contributed by atoms with Gasteiger partial charge in [0.05, 0.1) is 30.4 Å². The normalized spacial score (nSPS) is 19.4. The minimum absolute atomic E-state index is 0.0190. The highest BCUT2D eigenvalue weighted by Crippen LogP contribution is 2.31. The molecule has 5 N–H and O–H groups in total. The summed E-state index contributed by atoms with van der Waals surface area (Å²) in [4.78, 5) is 43.3. The molecule has 0 unspecified atom stereocenters. The summed E-state index contributed by atoms with van der Waals surface area (Å²) < 4.78 is 6.68. The van der Waals surface area contributed by atoms with E-state index in [1.54, 1.807) is 29.2 Å².